The number of rotatable bonds is 9. The topological polar surface area (TPSA) is 39.7 Å². The van der Waals surface area contributed by atoms with E-state index in [0.717, 1.165) is 37.8 Å². The fourth-order valence-corrected chi connectivity index (χ4v) is 4.32. The molecule has 1 aliphatic rings. The van der Waals surface area contributed by atoms with Gasteiger partial charge in [-0.25, -0.2) is 0 Å². The molecule has 1 aliphatic heterocycles. The van der Waals surface area contributed by atoms with Crippen LogP contribution in [0.25, 0.3) is 0 Å². The van der Waals surface area contributed by atoms with Gasteiger partial charge in [0.2, 0.25) is 0 Å². The highest BCUT2D eigenvalue weighted by Gasteiger charge is 2.22. The third-order valence-electron chi connectivity index (χ3n) is 5.12. The number of halogens is 1. The van der Waals surface area contributed by atoms with Crippen LogP contribution in [-0.4, -0.2) is 56.4 Å². The number of guanidine groups is 1. The van der Waals surface area contributed by atoms with E-state index in [1.807, 2.05) is 18.8 Å². The Labute approximate surface area is 197 Å². The molecule has 2 N–H and O–H groups in total. The van der Waals surface area contributed by atoms with Crippen LogP contribution in [0.4, 0.5) is 0 Å². The van der Waals surface area contributed by atoms with E-state index in [1.165, 1.54) is 30.0 Å². The predicted octanol–water partition coefficient (Wildman–Crippen LogP) is 4.13. The molecule has 29 heavy (non-hydrogen) atoms. The molecule has 4 nitrogen and oxygen atoms in total. The molecule has 0 spiro atoms. The van der Waals surface area contributed by atoms with Gasteiger partial charge in [0.1, 0.15) is 0 Å². The van der Waals surface area contributed by atoms with Crippen molar-refractivity contribution in [3.8, 4) is 0 Å². The lowest BCUT2D eigenvalue weighted by Crippen LogP contribution is -2.41. The minimum absolute atomic E-state index is 0. The summed E-state index contributed by atoms with van der Waals surface area (Å²) in [6.07, 6.45) is 2.41. The molecule has 0 saturated carbocycles. The van der Waals surface area contributed by atoms with Crippen LogP contribution >= 0.6 is 35.7 Å². The predicted molar refractivity (Wildman–Crippen MR) is 137 cm³/mol. The maximum absolute atomic E-state index is 4.36. The van der Waals surface area contributed by atoms with E-state index in [2.05, 4.69) is 81.2 Å². The van der Waals surface area contributed by atoms with Crippen LogP contribution in [0.3, 0.4) is 0 Å². The van der Waals surface area contributed by atoms with Crippen LogP contribution in [-0.2, 0) is 6.42 Å². The maximum Gasteiger partial charge on any atom is 0.191 e. The lowest BCUT2D eigenvalue weighted by molar-refractivity contribution is 0.328. The van der Waals surface area contributed by atoms with Crippen molar-refractivity contribution >= 4 is 41.7 Å². The molecule has 0 aromatic heterocycles. The van der Waals surface area contributed by atoms with Crippen molar-refractivity contribution in [2.24, 2.45) is 10.9 Å². The molecular weight excluding hydrogens is 491 g/mol. The Morgan fingerprint density at radius 3 is 2.52 bits per heavy atom. The van der Waals surface area contributed by atoms with Crippen molar-refractivity contribution < 1.29 is 0 Å². The summed E-state index contributed by atoms with van der Waals surface area (Å²) in [4.78, 5) is 8.26. The molecular formula is C23H33IN4S. The van der Waals surface area contributed by atoms with E-state index in [-0.39, 0.29) is 24.0 Å². The average molecular weight is 525 g/mol. The maximum atomic E-state index is 4.36. The van der Waals surface area contributed by atoms with E-state index >= 15 is 0 Å². The van der Waals surface area contributed by atoms with Crippen LogP contribution < -0.4 is 10.6 Å². The second kappa shape index (κ2) is 13.9. The van der Waals surface area contributed by atoms with E-state index in [9.17, 15) is 0 Å². The first-order valence-electron chi connectivity index (χ1n) is 10.2. The van der Waals surface area contributed by atoms with Gasteiger partial charge in [0.15, 0.2) is 5.96 Å². The average Bonchev–Trinajstić information content (AvgIpc) is 3.21. The van der Waals surface area contributed by atoms with E-state index in [1.54, 1.807) is 0 Å². The molecule has 0 radical (unpaired) electrons. The number of hydrogen-bond acceptors (Lipinski definition) is 3. The van der Waals surface area contributed by atoms with Crippen molar-refractivity contribution in [3.63, 3.8) is 0 Å². The molecule has 158 valence electrons. The van der Waals surface area contributed by atoms with Crippen LogP contribution in [0.5, 0.6) is 0 Å². The van der Waals surface area contributed by atoms with Crippen molar-refractivity contribution in [2.75, 3.05) is 45.5 Å². The zero-order chi connectivity index (χ0) is 19.4. The number of hydrogen-bond donors (Lipinski definition) is 2. The van der Waals surface area contributed by atoms with E-state index in [0.29, 0.717) is 5.92 Å². The van der Waals surface area contributed by atoms with Gasteiger partial charge in [-0.3, -0.25) is 4.99 Å². The molecule has 2 aromatic carbocycles. The summed E-state index contributed by atoms with van der Waals surface area (Å²) in [6.45, 7) is 5.45. The molecule has 1 saturated heterocycles. The summed E-state index contributed by atoms with van der Waals surface area (Å²) >= 11 is 1.87. The molecule has 6 heteroatoms. The van der Waals surface area contributed by atoms with Crippen LogP contribution in [0.15, 0.2) is 70.6 Å². The number of nitrogens with one attached hydrogen (secondary N) is 2. The third kappa shape index (κ3) is 8.97. The molecule has 1 unspecified atom stereocenters. The molecule has 3 rings (SSSR count). The van der Waals surface area contributed by atoms with Gasteiger partial charge < -0.3 is 15.5 Å². The Bertz CT molecular complexity index is 711. The zero-order valence-electron chi connectivity index (χ0n) is 17.2. The summed E-state index contributed by atoms with van der Waals surface area (Å²) in [6, 6.07) is 21.3. The Balaban J connectivity index is 0.00000300. The van der Waals surface area contributed by atoms with Gasteiger partial charge in [-0.15, -0.1) is 35.7 Å². The highest BCUT2D eigenvalue weighted by Crippen LogP contribution is 2.17. The summed E-state index contributed by atoms with van der Waals surface area (Å²) in [5, 5.41) is 6.93. The molecule has 1 atom stereocenters. The SMILES string of the molecule is CN=C(NCCSc1ccccc1)NCC1CCN(CCc2ccccc2)C1.I. The first kappa shape index (κ1) is 24.0. The fraction of sp³-hybridized carbons (Fsp3) is 0.435. The van der Waals surface area contributed by atoms with Gasteiger partial charge in [-0.2, -0.15) is 0 Å². The Kier molecular flexibility index (Phi) is 11.5. The Morgan fingerprint density at radius 1 is 1.07 bits per heavy atom. The molecule has 0 aliphatic carbocycles. The molecule has 2 aromatic rings. The molecule has 1 heterocycles. The van der Waals surface area contributed by atoms with Crippen LogP contribution in [0, 0.1) is 5.92 Å². The lowest BCUT2D eigenvalue weighted by atomic mass is 10.1. The van der Waals surface area contributed by atoms with Gasteiger partial charge >= 0.3 is 0 Å². The fourth-order valence-electron chi connectivity index (χ4n) is 3.53. The Hall–Kier alpha value is -1.25. The summed E-state index contributed by atoms with van der Waals surface area (Å²) in [7, 11) is 1.85. The Morgan fingerprint density at radius 2 is 1.79 bits per heavy atom. The largest absolute Gasteiger partial charge is 0.356 e. The van der Waals surface area contributed by atoms with Crippen LogP contribution in [0.2, 0.25) is 0 Å². The van der Waals surface area contributed by atoms with Crippen LogP contribution in [0.1, 0.15) is 12.0 Å². The highest BCUT2D eigenvalue weighted by atomic mass is 127. The molecule has 0 bridgehead atoms. The van der Waals surface area contributed by atoms with Crippen molar-refractivity contribution in [1.82, 2.24) is 15.5 Å². The first-order chi connectivity index (χ1) is 13.8. The quantitative estimate of drug-likeness (QED) is 0.170. The van der Waals surface area contributed by atoms with Gasteiger partial charge in [0.05, 0.1) is 0 Å². The second-order valence-electron chi connectivity index (χ2n) is 7.23. The van der Waals surface area contributed by atoms with Crippen molar-refractivity contribution in [1.29, 1.82) is 0 Å². The number of nitrogens with zero attached hydrogens (tertiary/aromatic N) is 2. The lowest BCUT2D eigenvalue weighted by Gasteiger charge is -2.17. The number of likely N-dealkylation sites (tertiary alicyclic amines) is 1. The smallest absolute Gasteiger partial charge is 0.191 e. The van der Waals surface area contributed by atoms with Gasteiger partial charge in [-0.1, -0.05) is 48.5 Å². The zero-order valence-corrected chi connectivity index (χ0v) is 20.4. The van der Waals surface area contributed by atoms with E-state index < -0.39 is 0 Å². The van der Waals surface area contributed by atoms with Crippen molar-refractivity contribution in [3.05, 3.63) is 66.2 Å². The molecule has 1 fully saturated rings. The summed E-state index contributed by atoms with van der Waals surface area (Å²) < 4.78 is 0. The molecule has 0 amide bonds. The number of benzene rings is 2. The second-order valence-corrected chi connectivity index (χ2v) is 8.40. The number of thioether (sulfide) groups is 1. The standard InChI is InChI=1S/C23H32N4S.HI/c1-24-23(25-14-17-28-22-10-6-3-7-11-22)26-18-21-13-16-27(19-21)15-12-20-8-4-2-5-9-20;/h2-11,21H,12-19H2,1H3,(H2,24,25,26);1H. The third-order valence-corrected chi connectivity index (χ3v) is 6.13. The minimum atomic E-state index is 0. The summed E-state index contributed by atoms with van der Waals surface area (Å²) in [5.41, 5.74) is 1.43. The summed E-state index contributed by atoms with van der Waals surface area (Å²) in [5.74, 6) is 2.64. The highest BCUT2D eigenvalue weighted by molar-refractivity contribution is 14.0. The van der Waals surface area contributed by atoms with Gasteiger partial charge in [0.25, 0.3) is 0 Å². The number of aliphatic imine (C=N–C) groups is 1. The van der Waals surface area contributed by atoms with Crippen molar-refractivity contribution in [2.45, 2.75) is 17.7 Å². The first-order valence-corrected chi connectivity index (χ1v) is 11.2. The van der Waals surface area contributed by atoms with E-state index in [4.69, 9.17) is 0 Å². The minimum Gasteiger partial charge on any atom is -0.356 e. The van der Waals surface area contributed by atoms with Gasteiger partial charge in [-0.05, 0) is 43.0 Å². The van der Waals surface area contributed by atoms with Gasteiger partial charge in [0, 0.05) is 43.9 Å². The monoisotopic (exact) mass is 524 g/mol. The normalized spacial score (nSPS) is 17.0.